The Labute approximate surface area is 146 Å². The fourth-order valence-corrected chi connectivity index (χ4v) is 7.00. The number of aromatic nitrogens is 1. The van der Waals surface area contributed by atoms with Crippen LogP contribution in [0, 0.1) is 30.1 Å². The molecular formula is C19H22N2S2. The molecule has 4 aliphatic carbocycles. The first kappa shape index (κ1) is 14.4. The highest BCUT2D eigenvalue weighted by Gasteiger charge is 2.52. The van der Waals surface area contributed by atoms with Crippen LogP contribution in [-0.2, 0) is 0 Å². The van der Waals surface area contributed by atoms with Gasteiger partial charge in [-0.25, -0.2) is 4.98 Å². The maximum atomic E-state index is 5.93. The van der Waals surface area contributed by atoms with Gasteiger partial charge in [0.2, 0.25) is 0 Å². The van der Waals surface area contributed by atoms with Crippen LogP contribution in [-0.4, -0.2) is 9.97 Å². The smallest absolute Gasteiger partial charge is 0.0907 e. The van der Waals surface area contributed by atoms with Gasteiger partial charge in [-0.1, -0.05) is 12.2 Å². The molecule has 4 heteroatoms. The van der Waals surface area contributed by atoms with E-state index in [1.807, 2.05) is 0 Å². The number of rotatable bonds is 2. The Morgan fingerprint density at radius 2 is 1.83 bits per heavy atom. The van der Waals surface area contributed by atoms with Crippen molar-refractivity contribution in [2.24, 2.45) is 23.2 Å². The normalized spacial score (nSPS) is 34.9. The summed E-state index contributed by atoms with van der Waals surface area (Å²) in [4.78, 5) is 5.65. The van der Waals surface area contributed by atoms with Gasteiger partial charge in [-0.2, -0.15) is 0 Å². The van der Waals surface area contributed by atoms with E-state index in [1.54, 1.807) is 11.3 Å². The molecule has 0 radical (unpaired) electrons. The van der Waals surface area contributed by atoms with Gasteiger partial charge in [-0.15, -0.1) is 11.3 Å². The third kappa shape index (κ3) is 2.33. The molecule has 4 aliphatic rings. The lowest BCUT2D eigenvalue weighted by atomic mass is 9.49. The lowest BCUT2D eigenvalue weighted by Crippen LogP contribution is -2.51. The number of thiocarbonyl (C=S) groups is 1. The van der Waals surface area contributed by atoms with Crippen molar-refractivity contribution in [3.8, 4) is 0 Å². The molecule has 1 aromatic carbocycles. The molecule has 4 fully saturated rings. The summed E-state index contributed by atoms with van der Waals surface area (Å²) < 4.78 is 1.25. The van der Waals surface area contributed by atoms with E-state index in [-0.39, 0.29) is 0 Å². The van der Waals surface area contributed by atoms with Crippen LogP contribution in [0.2, 0.25) is 0 Å². The topological polar surface area (TPSA) is 24.9 Å². The minimum Gasteiger partial charge on any atom is -0.350 e. The number of benzene rings is 1. The summed E-state index contributed by atoms with van der Waals surface area (Å²) in [6.45, 7) is 2.07. The zero-order valence-electron chi connectivity index (χ0n) is 13.5. The molecule has 0 saturated heterocycles. The minimum absolute atomic E-state index is 0.294. The average molecular weight is 343 g/mol. The Hall–Kier alpha value is -1.00. The molecule has 4 bridgehead atoms. The number of nitrogens with zero attached hydrogens (tertiary/aromatic N) is 1. The highest BCUT2D eigenvalue weighted by molar-refractivity contribution is 7.80. The summed E-state index contributed by atoms with van der Waals surface area (Å²) in [5, 5.41) is 4.74. The van der Waals surface area contributed by atoms with Crippen LogP contribution < -0.4 is 5.32 Å². The molecule has 120 valence electrons. The summed E-state index contributed by atoms with van der Waals surface area (Å²) in [6, 6.07) is 6.46. The van der Waals surface area contributed by atoms with Crippen LogP contribution >= 0.6 is 23.6 Å². The fraction of sp³-hybridized carbons (Fsp3) is 0.579. The van der Waals surface area contributed by atoms with Gasteiger partial charge in [0.15, 0.2) is 0 Å². The molecule has 1 heterocycles. The number of hydrogen-bond acceptors (Lipinski definition) is 3. The SMILES string of the molecule is Cc1nc2ccc(NC(=S)C34CC5CC(CC(C5)C3)C4)cc2s1. The van der Waals surface area contributed by atoms with Crippen LogP contribution in [0.5, 0.6) is 0 Å². The highest BCUT2D eigenvalue weighted by atomic mass is 32.1. The molecule has 2 aromatic rings. The largest absolute Gasteiger partial charge is 0.350 e. The number of fused-ring (bicyclic) bond motifs is 1. The number of aryl methyl sites for hydroxylation is 1. The minimum atomic E-state index is 0.294. The van der Waals surface area contributed by atoms with Crippen molar-refractivity contribution in [3.05, 3.63) is 23.2 Å². The number of hydrogen-bond donors (Lipinski definition) is 1. The monoisotopic (exact) mass is 342 g/mol. The summed E-state index contributed by atoms with van der Waals surface area (Å²) in [6.07, 6.45) is 8.38. The molecular weight excluding hydrogens is 320 g/mol. The second-order valence-electron chi connectivity index (χ2n) is 8.07. The average Bonchev–Trinajstić information content (AvgIpc) is 2.85. The van der Waals surface area contributed by atoms with Crippen LogP contribution in [0.25, 0.3) is 10.2 Å². The van der Waals surface area contributed by atoms with Crippen molar-refractivity contribution in [3.63, 3.8) is 0 Å². The molecule has 2 nitrogen and oxygen atoms in total. The third-order valence-corrected chi connectivity index (χ3v) is 7.74. The van der Waals surface area contributed by atoms with E-state index in [2.05, 4.69) is 35.4 Å². The summed E-state index contributed by atoms with van der Waals surface area (Å²) in [5.74, 6) is 2.81. The van der Waals surface area contributed by atoms with Gasteiger partial charge in [0.05, 0.1) is 20.2 Å². The highest BCUT2D eigenvalue weighted by Crippen LogP contribution is 2.60. The Morgan fingerprint density at radius 3 is 2.48 bits per heavy atom. The van der Waals surface area contributed by atoms with Gasteiger partial charge in [0, 0.05) is 11.1 Å². The van der Waals surface area contributed by atoms with Crippen LogP contribution in [0.3, 0.4) is 0 Å². The Morgan fingerprint density at radius 1 is 1.17 bits per heavy atom. The number of anilines is 1. The standard InChI is InChI=1S/C19H22N2S2/c1-11-20-16-3-2-15(7-17(16)23-11)21-18(22)19-8-12-4-13(9-19)6-14(5-12)10-19/h2-3,7,12-14H,4-6,8-10H2,1H3,(H,21,22). The van der Waals surface area contributed by atoms with E-state index >= 15 is 0 Å². The maximum Gasteiger partial charge on any atom is 0.0907 e. The van der Waals surface area contributed by atoms with Crippen LogP contribution in [0.15, 0.2) is 18.2 Å². The molecule has 6 rings (SSSR count). The summed E-state index contributed by atoms with van der Waals surface area (Å²) in [7, 11) is 0. The number of thiazole rings is 1. The first-order valence-electron chi connectivity index (χ1n) is 8.78. The molecule has 1 aromatic heterocycles. The molecule has 0 atom stereocenters. The molecule has 4 saturated carbocycles. The van der Waals surface area contributed by atoms with Crippen molar-refractivity contribution in [2.45, 2.75) is 45.4 Å². The molecule has 0 amide bonds. The van der Waals surface area contributed by atoms with Gasteiger partial charge in [-0.3, -0.25) is 0 Å². The molecule has 0 unspecified atom stereocenters. The lowest BCUT2D eigenvalue weighted by Gasteiger charge is -2.56. The van der Waals surface area contributed by atoms with Gasteiger partial charge < -0.3 is 5.32 Å². The van der Waals surface area contributed by atoms with Crippen molar-refractivity contribution in [1.29, 1.82) is 0 Å². The van der Waals surface area contributed by atoms with E-state index in [1.165, 1.54) is 43.2 Å². The van der Waals surface area contributed by atoms with E-state index < -0.39 is 0 Å². The summed E-state index contributed by atoms with van der Waals surface area (Å²) >= 11 is 7.69. The Kier molecular flexibility index (Phi) is 3.12. The molecule has 1 N–H and O–H groups in total. The van der Waals surface area contributed by atoms with Crippen LogP contribution in [0.1, 0.15) is 43.5 Å². The van der Waals surface area contributed by atoms with E-state index in [0.717, 1.165) is 39.0 Å². The second kappa shape index (κ2) is 5.00. The molecule has 23 heavy (non-hydrogen) atoms. The van der Waals surface area contributed by atoms with Crippen molar-refractivity contribution >= 4 is 44.4 Å². The lowest BCUT2D eigenvalue weighted by molar-refractivity contribution is -0.0110. The van der Waals surface area contributed by atoms with Crippen molar-refractivity contribution in [2.75, 3.05) is 5.32 Å². The van der Waals surface area contributed by atoms with Crippen LogP contribution in [0.4, 0.5) is 5.69 Å². The first-order valence-corrected chi connectivity index (χ1v) is 10.0. The third-order valence-electron chi connectivity index (χ3n) is 6.27. The maximum absolute atomic E-state index is 5.93. The predicted molar refractivity (Wildman–Crippen MR) is 101 cm³/mol. The van der Waals surface area contributed by atoms with Gasteiger partial charge in [0.25, 0.3) is 0 Å². The predicted octanol–water partition coefficient (Wildman–Crippen LogP) is 5.56. The summed E-state index contributed by atoms with van der Waals surface area (Å²) in [5.41, 5.74) is 2.53. The van der Waals surface area contributed by atoms with Gasteiger partial charge in [0.1, 0.15) is 0 Å². The van der Waals surface area contributed by atoms with Gasteiger partial charge in [-0.05, 0) is 81.4 Å². The first-order chi connectivity index (χ1) is 11.1. The number of nitrogens with one attached hydrogen (secondary N) is 1. The van der Waals surface area contributed by atoms with E-state index in [4.69, 9.17) is 12.2 Å². The second-order valence-corrected chi connectivity index (χ2v) is 9.71. The van der Waals surface area contributed by atoms with E-state index in [0.29, 0.717) is 5.41 Å². The zero-order chi connectivity index (χ0) is 15.6. The quantitative estimate of drug-likeness (QED) is 0.723. The zero-order valence-corrected chi connectivity index (χ0v) is 15.1. The van der Waals surface area contributed by atoms with Crippen molar-refractivity contribution in [1.82, 2.24) is 4.98 Å². The van der Waals surface area contributed by atoms with Crippen molar-refractivity contribution < 1.29 is 0 Å². The Balaban J connectivity index is 1.41. The Bertz CT molecular complexity index is 756. The molecule has 0 spiro atoms. The molecule has 0 aliphatic heterocycles. The van der Waals surface area contributed by atoms with E-state index in [9.17, 15) is 0 Å². The fourth-order valence-electron chi connectivity index (χ4n) is 5.77. The van der Waals surface area contributed by atoms with Gasteiger partial charge >= 0.3 is 0 Å².